The number of aliphatic hydroxyl groups excluding tert-OH is 1. The van der Waals surface area contributed by atoms with Gasteiger partial charge in [-0.05, 0) is 13.8 Å². The topological polar surface area (TPSA) is 41.5 Å². The van der Waals surface area contributed by atoms with Gasteiger partial charge in [-0.25, -0.2) is 0 Å². The molecule has 3 nitrogen and oxygen atoms in total. The molecule has 0 bridgehead atoms. The van der Waals surface area contributed by atoms with E-state index in [0.717, 1.165) is 13.2 Å². The number of hydrogen-bond donors (Lipinski definition) is 2. The summed E-state index contributed by atoms with van der Waals surface area (Å²) in [5, 5.41) is 12.3. The molecule has 0 spiro atoms. The lowest BCUT2D eigenvalue weighted by molar-refractivity contribution is -0.0166. The van der Waals surface area contributed by atoms with E-state index in [4.69, 9.17) is 9.84 Å². The molecule has 0 amide bonds. The quantitative estimate of drug-likeness (QED) is 0.575. The van der Waals surface area contributed by atoms with E-state index >= 15 is 0 Å². The Morgan fingerprint density at radius 2 is 2.10 bits per heavy atom. The molecular formula is C7H15NO2. The van der Waals surface area contributed by atoms with Crippen molar-refractivity contribution in [3.8, 4) is 0 Å². The second kappa shape index (κ2) is 3.32. The van der Waals surface area contributed by atoms with Gasteiger partial charge >= 0.3 is 0 Å². The maximum atomic E-state index is 9.09. The van der Waals surface area contributed by atoms with E-state index in [1.54, 1.807) is 6.92 Å². The van der Waals surface area contributed by atoms with Crippen molar-refractivity contribution >= 4 is 0 Å². The van der Waals surface area contributed by atoms with Crippen LogP contribution in [0.5, 0.6) is 0 Å². The fourth-order valence-corrected chi connectivity index (χ4v) is 0.843. The zero-order valence-electron chi connectivity index (χ0n) is 6.50. The van der Waals surface area contributed by atoms with Gasteiger partial charge in [-0.3, -0.25) is 0 Å². The maximum absolute atomic E-state index is 9.09. The summed E-state index contributed by atoms with van der Waals surface area (Å²) >= 11 is 0. The molecule has 0 aromatic carbocycles. The van der Waals surface area contributed by atoms with Gasteiger partial charge < -0.3 is 15.2 Å². The summed E-state index contributed by atoms with van der Waals surface area (Å²) < 4.78 is 4.97. The number of ether oxygens (including phenoxy) is 1. The summed E-state index contributed by atoms with van der Waals surface area (Å²) in [5.74, 6) is 0. The van der Waals surface area contributed by atoms with E-state index in [9.17, 15) is 0 Å². The van der Waals surface area contributed by atoms with Crippen molar-refractivity contribution in [2.75, 3.05) is 13.2 Å². The van der Waals surface area contributed by atoms with Crippen molar-refractivity contribution < 1.29 is 9.84 Å². The summed E-state index contributed by atoms with van der Waals surface area (Å²) in [6, 6.07) is 0.637. The molecule has 10 heavy (non-hydrogen) atoms. The fourth-order valence-electron chi connectivity index (χ4n) is 0.843. The first kappa shape index (κ1) is 7.98. The van der Waals surface area contributed by atoms with Gasteiger partial charge in [0.2, 0.25) is 0 Å². The molecule has 0 aromatic heterocycles. The Balaban J connectivity index is 2.10. The van der Waals surface area contributed by atoms with Crippen molar-refractivity contribution in [2.24, 2.45) is 0 Å². The van der Waals surface area contributed by atoms with Crippen molar-refractivity contribution in [1.82, 2.24) is 5.32 Å². The third-order valence-corrected chi connectivity index (χ3v) is 1.86. The van der Waals surface area contributed by atoms with Gasteiger partial charge in [-0.1, -0.05) is 0 Å². The van der Waals surface area contributed by atoms with Crippen LogP contribution >= 0.6 is 0 Å². The van der Waals surface area contributed by atoms with Crippen LogP contribution in [-0.4, -0.2) is 36.5 Å². The summed E-state index contributed by atoms with van der Waals surface area (Å²) in [7, 11) is 0. The summed E-state index contributed by atoms with van der Waals surface area (Å²) in [6.07, 6.45) is -0.277. The summed E-state index contributed by atoms with van der Waals surface area (Å²) in [4.78, 5) is 0. The highest BCUT2D eigenvalue weighted by atomic mass is 16.5. The highest BCUT2D eigenvalue weighted by Gasteiger charge is 2.21. The molecule has 1 heterocycles. The minimum absolute atomic E-state index is 0.175. The monoisotopic (exact) mass is 145 g/mol. The Morgan fingerprint density at radius 1 is 1.50 bits per heavy atom. The molecule has 2 unspecified atom stereocenters. The minimum atomic E-state index is -0.277. The molecule has 2 atom stereocenters. The van der Waals surface area contributed by atoms with Gasteiger partial charge in [-0.2, -0.15) is 0 Å². The highest BCUT2D eigenvalue weighted by Crippen LogP contribution is 2.02. The minimum Gasteiger partial charge on any atom is -0.392 e. The van der Waals surface area contributed by atoms with Crippen LogP contribution in [0, 0.1) is 0 Å². The average molecular weight is 145 g/mol. The van der Waals surface area contributed by atoms with Crippen LogP contribution in [0.15, 0.2) is 0 Å². The zero-order chi connectivity index (χ0) is 7.56. The standard InChI is InChI=1S/C7H15NO2/c1-5(6(2)9)8-7-3-10-4-7/h5-9H,3-4H2,1-2H3. The molecule has 60 valence electrons. The van der Waals surface area contributed by atoms with Gasteiger partial charge in [0.1, 0.15) is 0 Å². The van der Waals surface area contributed by atoms with Crippen molar-refractivity contribution in [3.05, 3.63) is 0 Å². The second-order valence-electron chi connectivity index (χ2n) is 2.93. The first-order valence-corrected chi connectivity index (χ1v) is 3.72. The van der Waals surface area contributed by atoms with E-state index in [0.29, 0.717) is 6.04 Å². The largest absolute Gasteiger partial charge is 0.392 e. The van der Waals surface area contributed by atoms with Crippen LogP contribution in [0.3, 0.4) is 0 Å². The summed E-state index contributed by atoms with van der Waals surface area (Å²) in [6.45, 7) is 5.34. The van der Waals surface area contributed by atoms with Gasteiger partial charge in [0, 0.05) is 6.04 Å². The van der Waals surface area contributed by atoms with Crippen LogP contribution in [-0.2, 0) is 4.74 Å². The molecule has 0 aliphatic carbocycles. The zero-order valence-corrected chi connectivity index (χ0v) is 6.50. The van der Waals surface area contributed by atoms with E-state index < -0.39 is 0 Å². The first-order valence-electron chi connectivity index (χ1n) is 3.72. The van der Waals surface area contributed by atoms with Gasteiger partial charge in [0.25, 0.3) is 0 Å². The molecule has 1 rings (SSSR count). The second-order valence-corrected chi connectivity index (χ2v) is 2.93. The van der Waals surface area contributed by atoms with Crippen LogP contribution < -0.4 is 5.32 Å². The Hall–Kier alpha value is -0.120. The smallest absolute Gasteiger partial charge is 0.0662 e. The van der Waals surface area contributed by atoms with Crippen LogP contribution in [0.25, 0.3) is 0 Å². The summed E-state index contributed by atoms with van der Waals surface area (Å²) in [5.41, 5.74) is 0. The van der Waals surface area contributed by atoms with E-state index in [1.807, 2.05) is 6.92 Å². The molecule has 0 aromatic rings. The number of hydrogen-bond acceptors (Lipinski definition) is 3. The Morgan fingerprint density at radius 3 is 2.40 bits per heavy atom. The molecule has 3 heteroatoms. The van der Waals surface area contributed by atoms with E-state index in [-0.39, 0.29) is 12.1 Å². The lowest BCUT2D eigenvalue weighted by atomic mass is 10.1. The highest BCUT2D eigenvalue weighted by molar-refractivity contribution is 4.78. The molecule has 1 saturated heterocycles. The molecule has 1 aliphatic heterocycles. The molecule has 0 saturated carbocycles. The third kappa shape index (κ3) is 1.94. The number of nitrogens with one attached hydrogen (secondary N) is 1. The molecule has 2 N–H and O–H groups in total. The van der Waals surface area contributed by atoms with E-state index in [1.165, 1.54) is 0 Å². The van der Waals surface area contributed by atoms with Crippen LogP contribution in [0.1, 0.15) is 13.8 Å². The van der Waals surface area contributed by atoms with Crippen molar-refractivity contribution in [1.29, 1.82) is 0 Å². The lowest BCUT2D eigenvalue weighted by Crippen LogP contribution is -2.52. The number of rotatable bonds is 3. The van der Waals surface area contributed by atoms with Gasteiger partial charge in [0.15, 0.2) is 0 Å². The molecule has 0 radical (unpaired) electrons. The van der Waals surface area contributed by atoms with E-state index in [2.05, 4.69) is 5.32 Å². The lowest BCUT2D eigenvalue weighted by Gasteiger charge is -2.31. The van der Waals surface area contributed by atoms with Crippen LogP contribution in [0.4, 0.5) is 0 Å². The third-order valence-electron chi connectivity index (χ3n) is 1.86. The maximum Gasteiger partial charge on any atom is 0.0662 e. The van der Waals surface area contributed by atoms with Gasteiger partial charge in [-0.15, -0.1) is 0 Å². The predicted molar refractivity (Wildman–Crippen MR) is 38.9 cm³/mol. The Kier molecular flexibility index (Phi) is 2.65. The predicted octanol–water partition coefficient (Wildman–Crippen LogP) is -0.256. The average Bonchev–Trinajstić information content (AvgIpc) is 1.77. The molecule has 1 aliphatic rings. The Labute approximate surface area is 61.4 Å². The van der Waals surface area contributed by atoms with Crippen molar-refractivity contribution in [2.45, 2.75) is 32.0 Å². The van der Waals surface area contributed by atoms with Crippen molar-refractivity contribution in [3.63, 3.8) is 0 Å². The SMILES string of the molecule is CC(O)C(C)NC1COC1. The first-order chi connectivity index (χ1) is 4.70. The number of aliphatic hydroxyl groups is 1. The molecule has 1 fully saturated rings. The normalized spacial score (nSPS) is 25.5. The fraction of sp³-hybridized carbons (Fsp3) is 1.00. The Bertz CT molecular complexity index is 102. The molecular weight excluding hydrogens is 130 g/mol. The van der Waals surface area contributed by atoms with Gasteiger partial charge in [0.05, 0.1) is 25.4 Å². The van der Waals surface area contributed by atoms with Crippen LogP contribution in [0.2, 0.25) is 0 Å².